The van der Waals surface area contributed by atoms with E-state index in [0.717, 1.165) is 41.9 Å². The summed E-state index contributed by atoms with van der Waals surface area (Å²) in [5, 5.41) is 5.99. The van der Waals surface area contributed by atoms with E-state index >= 15 is 0 Å². The lowest BCUT2D eigenvalue weighted by atomic mass is 9.89. The molecule has 1 fully saturated rings. The monoisotopic (exact) mass is 795 g/mol. The summed E-state index contributed by atoms with van der Waals surface area (Å²) < 4.78 is 11.5. The smallest absolute Gasteiger partial charge is 0.245 e. The molecule has 0 saturated carbocycles. The Labute approximate surface area is 341 Å². The Hall–Kier alpha value is -3.61. The zero-order valence-corrected chi connectivity index (χ0v) is 36.6. The molecule has 1 aliphatic heterocycles. The number of carbonyl (C=O) groups is 4. The first-order valence-electron chi connectivity index (χ1n) is 20.3. The minimum absolute atomic E-state index is 0.00253. The van der Waals surface area contributed by atoms with Crippen LogP contribution in [0, 0.1) is 17.8 Å². The van der Waals surface area contributed by atoms with Crippen molar-refractivity contribution in [2.24, 2.45) is 17.8 Å². The Morgan fingerprint density at radius 3 is 2.12 bits per heavy atom. The number of hydrogen-bond donors (Lipinski definition) is 2. The lowest BCUT2D eigenvalue weighted by molar-refractivity contribution is -0.146. The van der Waals surface area contributed by atoms with Crippen LogP contribution in [0.5, 0.6) is 5.75 Å². The summed E-state index contributed by atoms with van der Waals surface area (Å²) in [5.74, 6) is 0.155. The molecule has 0 spiro atoms. The number of nitrogens with one attached hydrogen (secondary N) is 2. The van der Waals surface area contributed by atoms with Gasteiger partial charge in [0, 0.05) is 49.9 Å². The molecule has 4 amide bonds. The predicted octanol–water partition coefficient (Wildman–Crippen LogP) is 5.90. The van der Waals surface area contributed by atoms with Crippen LogP contribution in [-0.2, 0) is 30.3 Å². The quantitative estimate of drug-likeness (QED) is 0.142. The molecule has 0 aromatic heterocycles. The molecule has 12 heteroatoms. The number of likely N-dealkylation sites (tertiary alicyclic amines) is 1. The van der Waals surface area contributed by atoms with E-state index in [1.807, 2.05) is 94.1 Å². The fraction of sp³-hybridized carbons (Fsp3) is 0.636. The highest BCUT2D eigenvalue weighted by molar-refractivity contribution is 8.00. The van der Waals surface area contributed by atoms with Crippen molar-refractivity contribution in [1.29, 1.82) is 0 Å². The first-order valence-corrected chi connectivity index (χ1v) is 21.2. The van der Waals surface area contributed by atoms with Crippen LogP contribution in [0.2, 0.25) is 0 Å². The van der Waals surface area contributed by atoms with Crippen LogP contribution in [-0.4, -0.2) is 122 Å². The van der Waals surface area contributed by atoms with E-state index in [-0.39, 0.29) is 71.6 Å². The van der Waals surface area contributed by atoms with E-state index < -0.39 is 18.2 Å². The van der Waals surface area contributed by atoms with Crippen molar-refractivity contribution in [2.45, 2.75) is 120 Å². The van der Waals surface area contributed by atoms with E-state index in [1.54, 1.807) is 37.9 Å². The third-order valence-corrected chi connectivity index (χ3v) is 12.5. The lowest BCUT2D eigenvalue weighted by Crippen LogP contribution is -2.59. The van der Waals surface area contributed by atoms with Gasteiger partial charge in [-0.25, -0.2) is 0 Å². The predicted molar refractivity (Wildman–Crippen MR) is 226 cm³/mol. The molecule has 7 unspecified atom stereocenters. The van der Waals surface area contributed by atoms with Gasteiger partial charge in [-0.15, -0.1) is 11.8 Å². The van der Waals surface area contributed by atoms with E-state index in [1.165, 1.54) is 0 Å². The number of thioether (sulfide) groups is 1. The molecule has 2 aromatic carbocycles. The standard InChI is InChI=1S/C44H69N5O6S/c1-12-31(6)42(48(9)44(53)40(29(2)3)46-43(52)41(30(4)5)47(7)8)36(55-11)27-39(51)49-26-16-19-35(49)37(56-34-22-20-33(54-10)21-23-34)28-38(50)45-25-24-32-17-14-13-15-18-32/h13-15,17-18,20-23,29-31,35-37,40-42H,12,16,19,24-28H2,1-11H3,(H,45,50)(H,46,52). The van der Waals surface area contributed by atoms with Crippen LogP contribution in [0.15, 0.2) is 59.5 Å². The largest absolute Gasteiger partial charge is 0.497 e. The SMILES string of the molecule is CCC(C)C(C(CC(=O)N1CCCC1C(CC(=O)NCCc1ccccc1)Sc1ccc(OC)cc1)OC)N(C)C(=O)C(NC(=O)C(C(C)C)N(C)C)C(C)C. The minimum Gasteiger partial charge on any atom is -0.497 e. The second-order valence-corrected chi connectivity index (χ2v) is 17.4. The Bertz CT molecular complexity index is 1520. The van der Waals surface area contributed by atoms with Gasteiger partial charge in [0.25, 0.3) is 0 Å². The first kappa shape index (κ1) is 46.8. The maximum atomic E-state index is 14.4. The average Bonchev–Trinajstić information content (AvgIpc) is 3.66. The highest BCUT2D eigenvalue weighted by atomic mass is 32.2. The van der Waals surface area contributed by atoms with Gasteiger partial charge in [0.15, 0.2) is 0 Å². The molecule has 3 rings (SSSR count). The highest BCUT2D eigenvalue weighted by Crippen LogP contribution is 2.36. The van der Waals surface area contributed by atoms with Gasteiger partial charge in [0.1, 0.15) is 11.8 Å². The number of methoxy groups -OCH3 is 2. The van der Waals surface area contributed by atoms with Crippen molar-refractivity contribution in [3.05, 3.63) is 60.2 Å². The molecular weight excluding hydrogens is 727 g/mol. The second kappa shape index (κ2) is 23.0. The average molecular weight is 796 g/mol. The first-order chi connectivity index (χ1) is 26.6. The number of amides is 4. The van der Waals surface area contributed by atoms with Crippen LogP contribution in [0.25, 0.3) is 0 Å². The molecular formula is C44H69N5O6S. The van der Waals surface area contributed by atoms with Crippen molar-refractivity contribution in [2.75, 3.05) is 48.5 Å². The Morgan fingerprint density at radius 1 is 0.911 bits per heavy atom. The number of carbonyl (C=O) groups excluding carboxylic acids is 4. The molecule has 1 aliphatic rings. The fourth-order valence-electron chi connectivity index (χ4n) is 7.94. The van der Waals surface area contributed by atoms with Gasteiger partial charge in [0.2, 0.25) is 23.6 Å². The summed E-state index contributed by atoms with van der Waals surface area (Å²) in [6, 6.07) is 16.2. The van der Waals surface area contributed by atoms with E-state index in [4.69, 9.17) is 9.47 Å². The van der Waals surface area contributed by atoms with Gasteiger partial charge in [-0.1, -0.05) is 78.3 Å². The number of hydrogen-bond acceptors (Lipinski definition) is 8. The molecule has 312 valence electrons. The summed E-state index contributed by atoms with van der Waals surface area (Å²) >= 11 is 1.62. The molecule has 2 aromatic rings. The van der Waals surface area contributed by atoms with Gasteiger partial charge in [-0.2, -0.15) is 0 Å². The normalized spacial score (nSPS) is 17.6. The maximum absolute atomic E-state index is 14.4. The molecule has 0 radical (unpaired) electrons. The zero-order valence-electron chi connectivity index (χ0n) is 35.7. The van der Waals surface area contributed by atoms with Crippen molar-refractivity contribution in [3.8, 4) is 5.75 Å². The molecule has 0 bridgehead atoms. The molecule has 1 heterocycles. The zero-order chi connectivity index (χ0) is 41.5. The Morgan fingerprint density at radius 2 is 1.57 bits per heavy atom. The minimum atomic E-state index is -0.744. The van der Waals surface area contributed by atoms with Crippen LogP contribution in [0.1, 0.15) is 79.2 Å². The lowest BCUT2D eigenvalue weighted by Gasteiger charge is -2.41. The molecule has 1 saturated heterocycles. The number of likely N-dealkylation sites (N-methyl/N-ethyl adjacent to an activating group) is 2. The number of rotatable bonds is 22. The van der Waals surface area contributed by atoms with E-state index in [2.05, 4.69) is 36.6 Å². The van der Waals surface area contributed by atoms with Gasteiger partial charge < -0.3 is 29.9 Å². The van der Waals surface area contributed by atoms with E-state index in [9.17, 15) is 19.2 Å². The molecule has 7 atom stereocenters. The van der Waals surface area contributed by atoms with Gasteiger partial charge in [-0.05, 0) is 80.9 Å². The summed E-state index contributed by atoms with van der Waals surface area (Å²) in [6.07, 6.45) is 2.86. The topological polar surface area (TPSA) is 121 Å². The second-order valence-electron chi connectivity index (χ2n) is 16.1. The van der Waals surface area contributed by atoms with Gasteiger partial charge >= 0.3 is 0 Å². The summed E-state index contributed by atoms with van der Waals surface area (Å²) in [7, 11) is 8.73. The number of nitrogens with zero attached hydrogens (tertiary/aromatic N) is 3. The van der Waals surface area contributed by atoms with Crippen LogP contribution in [0.4, 0.5) is 0 Å². The summed E-state index contributed by atoms with van der Waals surface area (Å²) in [5.41, 5.74) is 1.16. The number of benzene rings is 2. The molecule has 0 aliphatic carbocycles. The summed E-state index contributed by atoms with van der Waals surface area (Å²) in [6.45, 7) is 13.1. The maximum Gasteiger partial charge on any atom is 0.245 e. The fourth-order valence-corrected chi connectivity index (χ4v) is 9.26. The third kappa shape index (κ3) is 13.2. The van der Waals surface area contributed by atoms with Crippen LogP contribution < -0.4 is 15.4 Å². The molecule has 56 heavy (non-hydrogen) atoms. The van der Waals surface area contributed by atoms with Crippen molar-refractivity contribution < 1.29 is 28.7 Å². The van der Waals surface area contributed by atoms with Crippen LogP contribution >= 0.6 is 11.8 Å². The van der Waals surface area contributed by atoms with Gasteiger partial charge in [-0.3, -0.25) is 24.1 Å². The van der Waals surface area contributed by atoms with Crippen molar-refractivity contribution >= 4 is 35.4 Å². The molecule has 11 nitrogen and oxygen atoms in total. The molecule has 2 N–H and O–H groups in total. The van der Waals surface area contributed by atoms with Crippen molar-refractivity contribution in [1.82, 2.24) is 25.3 Å². The van der Waals surface area contributed by atoms with Crippen molar-refractivity contribution in [3.63, 3.8) is 0 Å². The van der Waals surface area contributed by atoms with E-state index in [0.29, 0.717) is 13.1 Å². The highest BCUT2D eigenvalue weighted by Gasteiger charge is 2.41. The Balaban J connectivity index is 1.83. The van der Waals surface area contributed by atoms with Crippen LogP contribution in [0.3, 0.4) is 0 Å². The van der Waals surface area contributed by atoms with Gasteiger partial charge in [0.05, 0.1) is 31.7 Å². The Kier molecular flexibility index (Phi) is 19.2. The summed E-state index contributed by atoms with van der Waals surface area (Å²) in [4.78, 5) is 62.2. The third-order valence-electron chi connectivity index (χ3n) is 11.1. The number of ether oxygens (including phenoxy) is 2.